The predicted octanol–water partition coefficient (Wildman–Crippen LogP) is 4.93. The van der Waals surface area contributed by atoms with Crippen molar-refractivity contribution in [3.05, 3.63) is 102 Å². The molecule has 0 amide bonds. The quantitative estimate of drug-likeness (QED) is 0.444. The smallest absolute Gasteiger partial charge is 0.120 e. The standard InChI is InChI=1S/C26H22N4O/c1-2-6-17(7-3-1)16-31-18-10-11-21-20(14-18)19-12-13-27-26(25(19)30-21)24-15-28-22-8-4-5-9-23(22)29-24/h1-11,14-15,26-27,30H,12-13,16H2. The maximum atomic E-state index is 6.07. The first kappa shape index (κ1) is 18.1. The third-order valence-electron chi connectivity index (χ3n) is 5.93. The summed E-state index contributed by atoms with van der Waals surface area (Å²) in [7, 11) is 0. The van der Waals surface area contributed by atoms with Gasteiger partial charge in [-0.15, -0.1) is 0 Å². The highest BCUT2D eigenvalue weighted by Crippen LogP contribution is 2.34. The third-order valence-corrected chi connectivity index (χ3v) is 5.93. The van der Waals surface area contributed by atoms with Gasteiger partial charge in [-0.25, -0.2) is 4.98 Å². The molecule has 1 aliphatic rings. The number of nitrogens with one attached hydrogen (secondary N) is 2. The fourth-order valence-electron chi connectivity index (χ4n) is 4.40. The first-order chi connectivity index (χ1) is 15.3. The van der Waals surface area contributed by atoms with Gasteiger partial charge in [0.15, 0.2) is 0 Å². The summed E-state index contributed by atoms with van der Waals surface area (Å²) >= 11 is 0. The molecule has 0 saturated carbocycles. The van der Waals surface area contributed by atoms with Crippen molar-refractivity contribution in [3.63, 3.8) is 0 Å². The molecule has 0 saturated heterocycles. The highest BCUT2D eigenvalue weighted by Gasteiger charge is 2.26. The molecular formula is C26H22N4O. The second kappa shape index (κ2) is 7.52. The van der Waals surface area contributed by atoms with Crippen LogP contribution in [0.1, 0.15) is 28.6 Å². The fraction of sp³-hybridized carbons (Fsp3) is 0.154. The SMILES string of the molecule is c1ccc(COc2ccc3[nH]c4c(c3c2)CCNC4c2cnc3ccccc3n2)cc1. The van der Waals surface area contributed by atoms with Crippen LogP contribution in [0.25, 0.3) is 21.9 Å². The minimum atomic E-state index is 0.00180. The number of hydrogen-bond donors (Lipinski definition) is 2. The van der Waals surface area contributed by atoms with Gasteiger partial charge >= 0.3 is 0 Å². The fourth-order valence-corrected chi connectivity index (χ4v) is 4.40. The third kappa shape index (κ3) is 3.33. The molecule has 0 fully saturated rings. The van der Waals surface area contributed by atoms with E-state index in [1.54, 1.807) is 0 Å². The Balaban J connectivity index is 1.35. The minimum absolute atomic E-state index is 0.00180. The molecule has 0 spiro atoms. The molecule has 0 radical (unpaired) electrons. The van der Waals surface area contributed by atoms with Crippen LogP contribution in [-0.4, -0.2) is 21.5 Å². The monoisotopic (exact) mass is 406 g/mol. The molecule has 0 aliphatic carbocycles. The number of para-hydroxylation sites is 2. The van der Waals surface area contributed by atoms with Crippen molar-refractivity contribution < 1.29 is 4.74 Å². The van der Waals surface area contributed by atoms with Crippen molar-refractivity contribution in [1.82, 2.24) is 20.3 Å². The molecule has 6 rings (SSSR count). The summed E-state index contributed by atoms with van der Waals surface area (Å²) in [6.45, 7) is 1.46. The Morgan fingerprint density at radius 2 is 1.77 bits per heavy atom. The summed E-state index contributed by atoms with van der Waals surface area (Å²) < 4.78 is 6.07. The van der Waals surface area contributed by atoms with Gasteiger partial charge in [0.25, 0.3) is 0 Å². The summed E-state index contributed by atoms with van der Waals surface area (Å²) in [5, 5.41) is 4.84. The van der Waals surface area contributed by atoms with E-state index in [2.05, 4.69) is 39.6 Å². The van der Waals surface area contributed by atoms with Gasteiger partial charge in [-0.1, -0.05) is 42.5 Å². The molecule has 5 nitrogen and oxygen atoms in total. The molecule has 2 aromatic heterocycles. The zero-order chi connectivity index (χ0) is 20.6. The Bertz CT molecular complexity index is 1380. The lowest BCUT2D eigenvalue weighted by Crippen LogP contribution is -2.31. The van der Waals surface area contributed by atoms with Gasteiger partial charge in [-0.3, -0.25) is 4.98 Å². The molecule has 3 aromatic carbocycles. The number of nitrogens with zero attached hydrogens (tertiary/aromatic N) is 2. The molecule has 2 N–H and O–H groups in total. The molecule has 0 bridgehead atoms. The predicted molar refractivity (Wildman–Crippen MR) is 122 cm³/mol. The van der Waals surface area contributed by atoms with Crippen LogP contribution in [0.15, 0.2) is 79.0 Å². The molecule has 31 heavy (non-hydrogen) atoms. The number of hydrogen-bond acceptors (Lipinski definition) is 4. The zero-order valence-corrected chi connectivity index (χ0v) is 17.0. The first-order valence-electron chi connectivity index (χ1n) is 10.6. The highest BCUT2D eigenvalue weighted by molar-refractivity contribution is 5.86. The van der Waals surface area contributed by atoms with E-state index in [1.165, 1.54) is 16.6 Å². The van der Waals surface area contributed by atoms with Gasteiger partial charge in [-0.2, -0.15) is 0 Å². The average Bonchev–Trinajstić information content (AvgIpc) is 3.21. The van der Waals surface area contributed by atoms with Crippen molar-refractivity contribution in [1.29, 1.82) is 0 Å². The number of aromatic amines is 1. The summed E-state index contributed by atoms with van der Waals surface area (Å²) in [6.07, 6.45) is 2.85. The van der Waals surface area contributed by atoms with Crippen LogP contribution in [0.5, 0.6) is 5.75 Å². The zero-order valence-electron chi connectivity index (χ0n) is 17.0. The summed E-state index contributed by atoms with van der Waals surface area (Å²) in [4.78, 5) is 13.1. The summed E-state index contributed by atoms with van der Waals surface area (Å²) in [5.74, 6) is 0.888. The van der Waals surface area contributed by atoms with Crippen LogP contribution in [0.4, 0.5) is 0 Å². The second-order valence-electron chi connectivity index (χ2n) is 7.92. The van der Waals surface area contributed by atoms with E-state index in [9.17, 15) is 0 Å². The van der Waals surface area contributed by atoms with Gasteiger partial charge in [0.1, 0.15) is 12.4 Å². The Kier molecular flexibility index (Phi) is 4.39. The van der Waals surface area contributed by atoms with Crippen LogP contribution in [0.3, 0.4) is 0 Å². The molecular weight excluding hydrogens is 384 g/mol. The minimum Gasteiger partial charge on any atom is -0.489 e. The van der Waals surface area contributed by atoms with Gasteiger partial charge < -0.3 is 15.0 Å². The van der Waals surface area contributed by atoms with Crippen molar-refractivity contribution in [3.8, 4) is 5.75 Å². The topological polar surface area (TPSA) is 62.8 Å². The molecule has 1 unspecified atom stereocenters. The van der Waals surface area contributed by atoms with E-state index in [0.717, 1.165) is 46.5 Å². The van der Waals surface area contributed by atoms with Gasteiger partial charge in [0.2, 0.25) is 0 Å². The van der Waals surface area contributed by atoms with Crippen LogP contribution in [-0.2, 0) is 13.0 Å². The molecule has 5 aromatic rings. The number of fused-ring (bicyclic) bond motifs is 4. The number of H-pyrrole nitrogens is 1. The Labute approximate surface area is 180 Å². The van der Waals surface area contributed by atoms with E-state index in [4.69, 9.17) is 9.72 Å². The maximum Gasteiger partial charge on any atom is 0.120 e. The van der Waals surface area contributed by atoms with Crippen LogP contribution in [0.2, 0.25) is 0 Å². The first-order valence-corrected chi connectivity index (χ1v) is 10.6. The van der Waals surface area contributed by atoms with Crippen molar-refractivity contribution >= 4 is 21.9 Å². The number of ether oxygens (including phenoxy) is 1. The van der Waals surface area contributed by atoms with Crippen molar-refractivity contribution in [2.24, 2.45) is 0 Å². The largest absolute Gasteiger partial charge is 0.489 e. The second-order valence-corrected chi connectivity index (χ2v) is 7.92. The van der Waals surface area contributed by atoms with Gasteiger partial charge in [0, 0.05) is 23.1 Å². The van der Waals surface area contributed by atoms with E-state index < -0.39 is 0 Å². The number of aromatic nitrogens is 3. The molecule has 5 heteroatoms. The average molecular weight is 406 g/mol. The van der Waals surface area contributed by atoms with E-state index >= 15 is 0 Å². The normalized spacial score (nSPS) is 15.8. The lowest BCUT2D eigenvalue weighted by atomic mass is 9.97. The Hall–Kier alpha value is -3.70. The van der Waals surface area contributed by atoms with Gasteiger partial charge in [-0.05, 0) is 47.9 Å². The lowest BCUT2D eigenvalue weighted by molar-refractivity contribution is 0.306. The lowest BCUT2D eigenvalue weighted by Gasteiger charge is -2.24. The van der Waals surface area contributed by atoms with Crippen LogP contribution >= 0.6 is 0 Å². The van der Waals surface area contributed by atoms with Crippen molar-refractivity contribution in [2.45, 2.75) is 19.1 Å². The maximum absolute atomic E-state index is 6.07. The molecule has 1 atom stereocenters. The van der Waals surface area contributed by atoms with E-state index in [0.29, 0.717) is 6.61 Å². The van der Waals surface area contributed by atoms with Crippen LogP contribution < -0.4 is 10.1 Å². The summed E-state index contributed by atoms with van der Waals surface area (Å²) in [6, 6.07) is 24.5. The van der Waals surface area contributed by atoms with E-state index in [-0.39, 0.29) is 6.04 Å². The number of benzene rings is 3. The molecule has 1 aliphatic heterocycles. The van der Waals surface area contributed by atoms with Gasteiger partial charge in [0.05, 0.1) is 29.0 Å². The Morgan fingerprint density at radius 3 is 2.68 bits per heavy atom. The molecule has 152 valence electrons. The summed E-state index contributed by atoms with van der Waals surface area (Å²) in [5.41, 5.74) is 7.56. The number of rotatable bonds is 4. The highest BCUT2D eigenvalue weighted by atomic mass is 16.5. The Morgan fingerprint density at radius 1 is 0.935 bits per heavy atom. The molecule has 3 heterocycles. The van der Waals surface area contributed by atoms with E-state index in [1.807, 2.05) is 54.7 Å². The van der Waals surface area contributed by atoms with Crippen LogP contribution in [0, 0.1) is 0 Å². The van der Waals surface area contributed by atoms with Crippen molar-refractivity contribution in [2.75, 3.05) is 6.54 Å².